The minimum atomic E-state index is -1.15. The number of aromatic nitrogens is 1. The fourth-order valence-corrected chi connectivity index (χ4v) is 3.43. The molecule has 1 aromatic heterocycles. The van der Waals surface area contributed by atoms with E-state index in [4.69, 9.17) is 16.3 Å². The van der Waals surface area contributed by atoms with Crippen molar-refractivity contribution in [3.8, 4) is 5.75 Å². The lowest BCUT2D eigenvalue weighted by Gasteiger charge is -2.28. The van der Waals surface area contributed by atoms with Gasteiger partial charge in [0.1, 0.15) is 15.6 Å². The highest BCUT2D eigenvalue weighted by molar-refractivity contribution is 7.90. The van der Waals surface area contributed by atoms with Gasteiger partial charge in [-0.05, 0) is 50.3 Å². The van der Waals surface area contributed by atoms with Gasteiger partial charge < -0.3 is 9.29 Å². The molecule has 2 atom stereocenters. The molecule has 6 heteroatoms. The second kappa shape index (κ2) is 7.26. The molecule has 0 spiro atoms. The summed E-state index contributed by atoms with van der Waals surface area (Å²) >= 11 is 4.93. The Morgan fingerprint density at radius 3 is 2.61 bits per heavy atom. The summed E-state index contributed by atoms with van der Waals surface area (Å²) in [6.45, 7) is 7.93. The molecule has 0 radical (unpaired) electrons. The lowest BCUT2D eigenvalue weighted by molar-refractivity contribution is 0.419. The maximum absolute atomic E-state index is 12.5. The van der Waals surface area contributed by atoms with Gasteiger partial charge in [0.05, 0.1) is 13.2 Å². The van der Waals surface area contributed by atoms with Crippen LogP contribution in [0.25, 0.3) is 10.8 Å². The average Bonchev–Trinajstić information content (AvgIpc) is 2.50. The zero-order valence-corrected chi connectivity index (χ0v) is 15.7. The van der Waals surface area contributed by atoms with Gasteiger partial charge in [-0.15, -0.1) is 4.72 Å². The van der Waals surface area contributed by atoms with Crippen molar-refractivity contribution >= 4 is 33.7 Å². The summed E-state index contributed by atoms with van der Waals surface area (Å²) in [6.07, 6.45) is 2.52. The van der Waals surface area contributed by atoms with Crippen LogP contribution in [0.3, 0.4) is 0 Å². The van der Waals surface area contributed by atoms with E-state index in [1.54, 1.807) is 13.3 Å². The topological polar surface area (TPSA) is 57.2 Å². The van der Waals surface area contributed by atoms with E-state index in [1.807, 2.05) is 39.0 Å². The van der Waals surface area contributed by atoms with Crippen molar-refractivity contribution in [2.24, 2.45) is 0 Å². The number of ether oxygens (including phenoxy) is 1. The molecular weight excluding hydrogens is 332 g/mol. The maximum atomic E-state index is 12.5. The van der Waals surface area contributed by atoms with Crippen molar-refractivity contribution < 1.29 is 9.29 Å². The fourth-order valence-electron chi connectivity index (χ4n) is 2.36. The van der Waals surface area contributed by atoms with Crippen LogP contribution in [0.5, 0.6) is 5.75 Å². The van der Waals surface area contributed by atoms with Gasteiger partial charge in [0, 0.05) is 22.9 Å². The van der Waals surface area contributed by atoms with E-state index < -0.39 is 11.4 Å². The van der Waals surface area contributed by atoms with E-state index in [0.717, 1.165) is 28.5 Å². The molecule has 0 amide bonds. The molecule has 2 rings (SSSR count). The summed E-state index contributed by atoms with van der Waals surface area (Å²) in [7, 11) is 1.63. The summed E-state index contributed by atoms with van der Waals surface area (Å²) in [6, 6.07) is 5.71. The van der Waals surface area contributed by atoms with E-state index in [9.17, 15) is 4.55 Å². The van der Waals surface area contributed by atoms with Gasteiger partial charge in [0.2, 0.25) is 0 Å². The molecule has 0 fully saturated rings. The van der Waals surface area contributed by atoms with E-state index in [1.165, 1.54) is 0 Å². The zero-order chi connectivity index (χ0) is 17.2. The Balaban J connectivity index is 2.50. The minimum absolute atomic E-state index is 0.0399. The van der Waals surface area contributed by atoms with Crippen LogP contribution < -0.4 is 9.46 Å². The lowest BCUT2D eigenvalue weighted by atomic mass is 9.98. The summed E-state index contributed by atoms with van der Waals surface area (Å²) in [4.78, 5) is 4.15. The number of halogens is 1. The van der Waals surface area contributed by atoms with Crippen LogP contribution in [0, 0.1) is 0 Å². The second-order valence-corrected chi connectivity index (χ2v) is 8.75. The molecule has 1 heterocycles. The molecule has 0 aliphatic carbocycles. The number of nitrogens with one attached hydrogen (secondary N) is 1. The van der Waals surface area contributed by atoms with Gasteiger partial charge in [-0.2, -0.15) is 0 Å². The fraction of sp³-hybridized carbons (Fsp3) is 0.471. The summed E-state index contributed by atoms with van der Waals surface area (Å²) < 4.78 is 20.8. The van der Waals surface area contributed by atoms with Gasteiger partial charge in [0.15, 0.2) is 0 Å². The predicted molar refractivity (Wildman–Crippen MR) is 97.4 cm³/mol. The minimum Gasteiger partial charge on any atom is -0.598 e. The number of benzene rings is 1. The van der Waals surface area contributed by atoms with Crippen LogP contribution in [0.1, 0.15) is 45.7 Å². The van der Waals surface area contributed by atoms with E-state index in [0.29, 0.717) is 5.15 Å². The molecule has 0 aliphatic heterocycles. The molecular formula is C17H23ClN2O2S. The van der Waals surface area contributed by atoms with E-state index >= 15 is 0 Å². The first-order chi connectivity index (χ1) is 10.8. The monoisotopic (exact) mass is 354 g/mol. The molecule has 0 aliphatic rings. The van der Waals surface area contributed by atoms with E-state index in [2.05, 4.69) is 16.6 Å². The number of pyridine rings is 1. The van der Waals surface area contributed by atoms with Crippen molar-refractivity contribution in [3.63, 3.8) is 0 Å². The molecule has 1 unspecified atom stereocenters. The Labute approximate surface area is 145 Å². The van der Waals surface area contributed by atoms with Crippen LogP contribution in [0.2, 0.25) is 5.15 Å². The van der Waals surface area contributed by atoms with Crippen LogP contribution in [0.4, 0.5) is 0 Å². The summed E-state index contributed by atoms with van der Waals surface area (Å²) in [5.41, 5.74) is 1.05. The molecule has 1 aromatic carbocycles. The number of fused-ring (bicyclic) bond motifs is 1. The van der Waals surface area contributed by atoms with Crippen molar-refractivity contribution in [2.75, 3.05) is 7.11 Å². The first-order valence-electron chi connectivity index (χ1n) is 7.58. The van der Waals surface area contributed by atoms with Gasteiger partial charge >= 0.3 is 0 Å². The van der Waals surface area contributed by atoms with Crippen molar-refractivity contribution in [1.82, 2.24) is 9.71 Å². The third-order valence-corrected chi connectivity index (χ3v) is 5.49. The highest BCUT2D eigenvalue weighted by Gasteiger charge is 2.30. The van der Waals surface area contributed by atoms with Crippen LogP contribution in [-0.4, -0.2) is 21.4 Å². The third kappa shape index (κ3) is 4.10. The second-order valence-electron chi connectivity index (χ2n) is 6.37. The Morgan fingerprint density at radius 1 is 1.35 bits per heavy atom. The lowest BCUT2D eigenvalue weighted by Crippen LogP contribution is -2.41. The smallest absolute Gasteiger partial charge is 0.136 e. The maximum Gasteiger partial charge on any atom is 0.136 e. The number of hydrogen-bond acceptors (Lipinski definition) is 4. The average molecular weight is 355 g/mol. The molecule has 0 saturated heterocycles. The van der Waals surface area contributed by atoms with Crippen molar-refractivity contribution in [1.29, 1.82) is 0 Å². The van der Waals surface area contributed by atoms with Gasteiger partial charge in [0.25, 0.3) is 0 Å². The zero-order valence-electron chi connectivity index (χ0n) is 14.1. The van der Waals surface area contributed by atoms with Gasteiger partial charge in [-0.1, -0.05) is 24.6 Å². The number of hydrogen-bond donors (Lipinski definition) is 1. The van der Waals surface area contributed by atoms with Crippen LogP contribution in [-0.2, 0) is 11.4 Å². The Bertz CT molecular complexity index is 688. The van der Waals surface area contributed by atoms with Gasteiger partial charge in [-0.3, -0.25) is 0 Å². The first kappa shape index (κ1) is 18.3. The van der Waals surface area contributed by atoms with Crippen molar-refractivity contribution in [2.45, 2.75) is 44.9 Å². The third-order valence-electron chi connectivity index (χ3n) is 3.67. The van der Waals surface area contributed by atoms with Crippen LogP contribution >= 0.6 is 11.6 Å². The normalized spacial score (nSPS) is 14.7. The van der Waals surface area contributed by atoms with Crippen molar-refractivity contribution in [3.05, 3.63) is 35.1 Å². The standard InChI is InChI=1S/C17H23ClN2O2S/c1-6-14(20-23(21)17(2,3)4)11-7-8-15(22-5)13-10-19-16(18)9-12(11)13/h7-10,14,20H,6H2,1-5H3/t14?,23-/m0/s1. The molecule has 1 N–H and O–H groups in total. The highest BCUT2D eigenvalue weighted by atomic mass is 35.5. The van der Waals surface area contributed by atoms with Crippen LogP contribution in [0.15, 0.2) is 24.4 Å². The Hall–Kier alpha value is -1.01. The highest BCUT2D eigenvalue weighted by Crippen LogP contribution is 2.34. The summed E-state index contributed by atoms with van der Waals surface area (Å²) in [5, 5.41) is 2.30. The molecule has 4 nitrogen and oxygen atoms in total. The Kier molecular flexibility index (Phi) is 5.79. The molecule has 126 valence electrons. The molecule has 2 aromatic rings. The number of nitrogens with zero attached hydrogens (tertiary/aromatic N) is 1. The quantitative estimate of drug-likeness (QED) is 0.638. The number of rotatable bonds is 5. The van der Waals surface area contributed by atoms with E-state index in [-0.39, 0.29) is 10.8 Å². The molecule has 23 heavy (non-hydrogen) atoms. The Morgan fingerprint density at radius 2 is 2.04 bits per heavy atom. The predicted octanol–water partition coefficient (Wildman–Crippen LogP) is 4.40. The summed E-state index contributed by atoms with van der Waals surface area (Å²) in [5.74, 6) is 0.750. The largest absolute Gasteiger partial charge is 0.598 e. The number of methoxy groups -OCH3 is 1. The molecule has 0 bridgehead atoms. The SMILES string of the molecule is CCC(N[S@@+]([O-])C(C)(C)C)c1ccc(OC)c2cnc(Cl)cc12. The first-order valence-corrected chi connectivity index (χ1v) is 9.11. The van der Waals surface area contributed by atoms with Gasteiger partial charge in [-0.25, -0.2) is 4.98 Å². The molecule has 0 saturated carbocycles.